The zero-order valence-electron chi connectivity index (χ0n) is 30.2. The highest BCUT2D eigenvalue weighted by Gasteiger charge is 2.33. The van der Waals surface area contributed by atoms with Gasteiger partial charge in [-0.1, -0.05) is 60.7 Å². The van der Waals surface area contributed by atoms with Gasteiger partial charge < -0.3 is 0 Å². The average Bonchev–Trinajstić information content (AvgIpc) is 3.54. The highest BCUT2D eigenvalue weighted by atomic mass is 19.4. The highest BCUT2D eigenvalue weighted by Crippen LogP contribution is 2.46. The molecule has 7 aromatic rings. The summed E-state index contributed by atoms with van der Waals surface area (Å²) in [6, 6.07) is 32.1. The molecule has 14 heteroatoms. The SMILES string of the molecule is CC(=C(C#N)C#N)c1nc2cc3nc4c(nc3cc2nc1-c1ccc(-c2ccc(C(F)(F)F)cc2)cc1)-c1ccc(-c2ccc(C(F)(F)F)cc2)cc1C4=C(C#N)C#N. The number of halogens is 6. The molecule has 0 amide bonds. The Bertz CT molecular complexity index is 3120. The van der Waals surface area contributed by atoms with Crippen LogP contribution in [-0.4, -0.2) is 19.9 Å². The standard InChI is InChI=1S/C45H20F6N8/c1-23(29(19-52)20-53)40-41(27-4-2-24(3-5-27)25-6-11-31(12-7-25)44(46,47)48)57-36-18-37-38(17-35(36)56-40)59-43-39(30(21-54)22-55)34-16-28(10-15-33(34)42(43)58-37)26-8-13-32(14-9-26)45(49,50)51/h2-18H,1H3. The Morgan fingerprint density at radius 1 is 0.458 bits per heavy atom. The second-order valence-electron chi connectivity index (χ2n) is 13.4. The number of alkyl halides is 6. The molecule has 0 N–H and O–H groups in total. The fourth-order valence-electron chi connectivity index (χ4n) is 6.92. The molecule has 2 aromatic heterocycles. The van der Waals surface area contributed by atoms with Crippen molar-refractivity contribution in [3.63, 3.8) is 0 Å². The number of hydrogen-bond acceptors (Lipinski definition) is 8. The topological polar surface area (TPSA) is 147 Å². The summed E-state index contributed by atoms with van der Waals surface area (Å²) >= 11 is 0. The fourth-order valence-corrected chi connectivity index (χ4v) is 6.92. The van der Waals surface area contributed by atoms with E-state index in [0.717, 1.165) is 24.3 Å². The van der Waals surface area contributed by atoms with Gasteiger partial charge in [0.15, 0.2) is 0 Å². The molecule has 2 heterocycles. The first kappa shape index (κ1) is 37.7. The number of rotatable bonds is 4. The predicted molar refractivity (Wildman–Crippen MR) is 205 cm³/mol. The summed E-state index contributed by atoms with van der Waals surface area (Å²) in [6.45, 7) is 1.56. The molecule has 8 rings (SSSR count). The maximum Gasteiger partial charge on any atom is 0.416 e. The van der Waals surface area contributed by atoms with Gasteiger partial charge in [0.25, 0.3) is 0 Å². The summed E-state index contributed by atoms with van der Waals surface area (Å²) in [5.74, 6) is 0. The zero-order chi connectivity index (χ0) is 41.8. The van der Waals surface area contributed by atoms with Crippen molar-refractivity contribution in [2.24, 2.45) is 0 Å². The van der Waals surface area contributed by atoms with E-state index in [-0.39, 0.29) is 33.7 Å². The van der Waals surface area contributed by atoms with Crippen LogP contribution in [0.4, 0.5) is 26.3 Å². The Hall–Kier alpha value is -8.20. The van der Waals surface area contributed by atoms with Crippen LogP contribution in [0, 0.1) is 45.3 Å². The number of nitrogens with zero attached hydrogens (tertiary/aromatic N) is 8. The van der Waals surface area contributed by atoms with E-state index in [1.54, 1.807) is 61.5 Å². The van der Waals surface area contributed by atoms with Crippen LogP contribution in [0.5, 0.6) is 0 Å². The van der Waals surface area contributed by atoms with Crippen LogP contribution in [0.3, 0.4) is 0 Å². The van der Waals surface area contributed by atoms with Crippen molar-refractivity contribution < 1.29 is 26.3 Å². The molecule has 5 aromatic carbocycles. The lowest BCUT2D eigenvalue weighted by atomic mass is 9.96. The van der Waals surface area contributed by atoms with Gasteiger partial charge in [-0.25, -0.2) is 19.9 Å². The lowest BCUT2D eigenvalue weighted by Gasteiger charge is -2.13. The fraction of sp³-hybridized carbons (Fsp3) is 0.0667. The number of allylic oxidation sites excluding steroid dienone is 3. The predicted octanol–water partition coefficient (Wildman–Crippen LogP) is 11.3. The van der Waals surface area contributed by atoms with E-state index < -0.39 is 23.5 Å². The lowest BCUT2D eigenvalue weighted by Crippen LogP contribution is -2.04. The number of fused-ring (bicyclic) bond motifs is 5. The van der Waals surface area contributed by atoms with Crippen LogP contribution in [-0.2, 0) is 12.4 Å². The van der Waals surface area contributed by atoms with Gasteiger partial charge in [-0.05, 0) is 77.2 Å². The molecule has 8 nitrogen and oxygen atoms in total. The van der Waals surface area contributed by atoms with Gasteiger partial charge in [-0.2, -0.15) is 47.4 Å². The van der Waals surface area contributed by atoms with E-state index in [9.17, 15) is 47.4 Å². The molecule has 59 heavy (non-hydrogen) atoms. The number of hydrogen-bond donors (Lipinski definition) is 0. The lowest BCUT2D eigenvalue weighted by molar-refractivity contribution is -0.138. The summed E-state index contributed by atoms with van der Waals surface area (Å²) in [7, 11) is 0. The Kier molecular flexibility index (Phi) is 8.99. The minimum atomic E-state index is -4.51. The van der Waals surface area contributed by atoms with Crippen molar-refractivity contribution in [1.29, 1.82) is 21.0 Å². The second-order valence-corrected chi connectivity index (χ2v) is 13.4. The first-order valence-electron chi connectivity index (χ1n) is 17.4. The molecule has 0 atom stereocenters. The Morgan fingerprint density at radius 2 is 0.881 bits per heavy atom. The number of aromatic nitrogens is 4. The summed E-state index contributed by atoms with van der Waals surface area (Å²) in [6.07, 6.45) is -8.99. The van der Waals surface area contributed by atoms with E-state index in [4.69, 9.17) is 19.9 Å². The van der Waals surface area contributed by atoms with E-state index in [1.165, 1.54) is 24.3 Å². The monoisotopic (exact) mass is 786 g/mol. The normalized spacial score (nSPS) is 11.9. The molecule has 1 aliphatic rings. The third-order valence-corrected chi connectivity index (χ3v) is 9.91. The van der Waals surface area contributed by atoms with Crippen molar-refractivity contribution in [1.82, 2.24) is 19.9 Å². The van der Waals surface area contributed by atoms with Crippen molar-refractivity contribution in [2.75, 3.05) is 0 Å². The molecular formula is C45H20F6N8. The van der Waals surface area contributed by atoms with Crippen LogP contribution in [0.2, 0.25) is 0 Å². The summed E-state index contributed by atoms with van der Waals surface area (Å²) in [5, 5.41) is 39.5. The molecule has 0 aliphatic heterocycles. The van der Waals surface area contributed by atoms with E-state index in [2.05, 4.69) is 0 Å². The van der Waals surface area contributed by atoms with Crippen LogP contribution < -0.4 is 0 Å². The van der Waals surface area contributed by atoms with Gasteiger partial charge in [-0.15, -0.1) is 0 Å². The zero-order valence-corrected chi connectivity index (χ0v) is 30.2. The van der Waals surface area contributed by atoms with Crippen LogP contribution in [0.1, 0.15) is 35.0 Å². The van der Waals surface area contributed by atoms with Crippen LogP contribution >= 0.6 is 0 Å². The van der Waals surface area contributed by atoms with E-state index in [0.29, 0.717) is 72.4 Å². The molecule has 1 aliphatic carbocycles. The van der Waals surface area contributed by atoms with Crippen molar-refractivity contribution in [2.45, 2.75) is 19.3 Å². The quantitative estimate of drug-likeness (QED) is 0.0973. The minimum absolute atomic E-state index is 0.205. The van der Waals surface area contributed by atoms with Gasteiger partial charge in [-0.3, -0.25) is 0 Å². The smallest absolute Gasteiger partial charge is 0.244 e. The summed E-state index contributed by atoms with van der Waals surface area (Å²) in [5.41, 5.74) is 4.60. The first-order chi connectivity index (χ1) is 28.2. The summed E-state index contributed by atoms with van der Waals surface area (Å²) in [4.78, 5) is 19.5. The molecule has 0 saturated heterocycles. The largest absolute Gasteiger partial charge is 0.416 e. The van der Waals surface area contributed by atoms with E-state index in [1.807, 2.05) is 24.3 Å². The maximum atomic E-state index is 13.3. The molecular weight excluding hydrogens is 767 g/mol. The van der Waals surface area contributed by atoms with Crippen LogP contribution in [0.15, 0.2) is 114 Å². The molecule has 0 fully saturated rings. The second kappa shape index (κ2) is 14.1. The molecule has 0 spiro atoms. The molecule has 0 saturated carbocycles. The molecule has 0 bridgehead atoms. The van der Waals surface area contributed by atoms with Crippen molar-refractivity contribution >= 4 is 33.2 Å². The van der Waals surface area contributed by atoms with Gasteiger partial charge in [0, 0.05) is 22.3 Å². The Morgan fingerprint density at radius 3 is 1.37 bits per heavy atom. The Labute approximate surface area is 330 Å². The molecule has 0 radical (unpaired) electrons. The van der Waals surface area contributed by atoms with Crippen LogP contribution in [0.25, 0.3) is 78.0 Å². The third kappa shape index (κ3) is 6.65. The first-order valence-corrected chi connectivity index (χ1v) is 17.4. The molecule has 282 valence electrons. The van der Waals surface area contributed by atoms with E-state index >= 15 is 0 Å². The minimum Gasteiger partial charge on any atom is -0.244 e. The Balaban J connectivity index is 1.27. The molecule has 0 unspecified atom stereocenters. The highest BCUT2D eigenvalue weighted by molar-refractivity contribution is 6.05. The van der Waals surface area contributed by atoms with Crippen molar-refractivity contribution in [3.05, 3.63) is 142 Å². The number of nitriles is 4. The van der Waals surface area contributed by atoms with Gasteiger partial charge >= 0.3 is 12.4 Å². The third-order valence-electron chi connectivity index (χ3n) is 9.91. The van der Waals surface area contributed by atoms with Crippen molar-refractivity contribution in [3.8, 4) is 69.0 Å². The van der Waals surface area contributed by atoms with Gasteiger partial charge in [0.2, 0.25) is 0 Å². The maximum absolute atomic E-state index is 13.3. The summed E-state index contributed by atoms with van der Waals surface area (Å²) < 4.78 is 79.2. The van der Waals surface area contributed by atoms with Gasteiger partial charge in [0.1, 0.15) is 35.4 Å². The number of benzene rings is 5. The van der Waals surface area contributed by atoms with Gasteiger partial charge in [0.05, 0.1) is 56.0 Å². The average molecular weight is 787 g/mol.